The first-order chi connectivity index (χ1) is 6.66. The lowest BCUT2D eigenvalue weighted by Crippen LogP contribution is -1.80. The van der Waals surface area contributed by atoms with Gasteiger partial charge in [0.2, 0.25) is 5.22 Å². The molecule has 0 fully saturated rings. The molecule has 1 aromatic heterocycles. The fourth-order valence-corrected chi connectivity index (χ4v) is 1.36. The van der Waals surface area contributed by atoms with Crippen LogP contribution in [0.15, 0.2) is 28.8 Å². The SMILES string of the molecule is Fc1ccc(-c2cc(Cl)on2)cc1Cl. The number of benzene rings is 1. The van der Waals surface area contributed by atoms with Gasteiger partial charge in [0.1, 0.15) is 11.5 Å². The first kappa shape index (κ1) is 9.49. The molecule has 2 nitrogen and oxygen atoms in total. The second kappa shape index (κ2) is 3.59. The molecular formula is C9H4Cl2FNO. The molecule has 0 unspecified atom stereocenters. The highest BCUT2D eigenvalue weighted by Crippen LogP contribution is 2.25. The smallest absolute Gasteiger partial charge is 0.226 e. The van der Waals surface area contributed by atoms with E-state index in [1.54, 1.807) is 6.07 Å². The summed E-state index contributed by atoms with van der Waals surface area (Å²) in [5.41, 5.74) is 1.18. The minimum atomic E-state index is -0.468. The van der Waals surface area contributed by atoms with E-state index < -0.39 is 5.82 Å². The largest absolute Gasteiger partial charge is 0.344 e. The fourth-order valence-electron chi connectivity index (χ4n) is 1.04. The highest BCUT2D eigenvalue weighted by Gasteiger charge is 2.07. The van der Waals surface area contributed by atoms with E-state index in [-0.39, 0.29) is 10.2 Å². The van der Waals surface area contributed by atoms with E-state index in [0.717, 1.165) is 0 Å². The van der Waals surface area contributed by atoms with Crippen molar-refractivity contribution < 1.29 is 8.91 Å². The van der Waals surface area contributed by atoms with E-state index in [4.69, 9.17) is 23.2 Å². The molecule has 1 heterocycles. The maximum Gasteiger partial charge on any atom is 0.226 e. The van der Waals surface area contributed by atoms with Crippen LogP contribution in [0.3, 0.4) is 0 Å². The average molecular weight is 232 g/mol. The summed E-state index contributed by atoms with van der Waals surface area (Å²) in [6, 6.07) is 5.81. The Morgan fingerprint density at radius 2 is 2.00 bits per heavy atom. The maximum absolute atomic E-state index is 12.8. The predicted octanol–water partition coefficient (Wildman–Crippen LogP) is 3.79. The van der Waals surface area contributed by atoms with Crippen LogP contribution in [0.2, 0.25) is 10.2 Å². The zero-order valence-electron chi connectivity index (χ0n) is 6.80. The Morgan fingerprint density at radius 3 is 2.57 bits per heavy atom. The summed E-state index contributed by atoms with van der Waals surface area (Å²) in [5, 5.41) is 3.89. The Balaban J connectivity index is 2.47. The van der Waals surface area contributed by atoms with Gasteiger partial charge in [-0.2, -0.15) is 0 Å². The Labute approximate surface area is 89.2 Å². The number of hydrogen-bond acceptors (Lipinski definition) is 2. The molecule has 0 amide bonds. The van der Waals surface area contributed by atoms with Crippen molar-refractivity contribution in [2.45, 2.75) is 0 Å². The van der Waals surface area contributed by atoms with Gasteiger partial charge in [0.05, 0.1) is 5.02 Å². The van der Waals surface area contributed by atoms with Gasteiger partial charge >= 0.3 is 0 Å². The van der Waals surface area contributed by atoms with Gasteiger partial charge in [-0.15, -0.1) is 0 Å². The van der Waals surface area contributed by atoms with Gasteiger partial charge in [-0.25, -0.2) is 4.39 Å². The van der Waals surface area contributed by atoms with E-state index in [2.05, 4.69) is 9.68 Å². The first-order valence-electron chi connectivity index (χ1n) is 3.74. The van der Waals surface area contributed by atoms with Crippen molar-refractivity contribution in [2.75, 3.05) is 0 Å². The molecule has 1 aromatic carbocycles. The van der Waals surface area contributed by atoms with Crippen LogP contribution in [0, 0.1) is 5.82 Å². The third-order valence-electron chi connectivity index (χ3n) is 1.70. The molecule has 0 atom stereocenters. The average Bonchev–Trinajstić information content (AvgIpc) is 2.57. The molecule has 0 bridgehead atoms. The van der Waals surface area contributed by atoms with Crippen molar-refractivity contribution in [3.05, 3.63) is 40.3 Å². The van der Waals surface area contributed by atoms with Crippen molar-refractivity contribution in [3.8, 4) is 11.3 Å². The summed E-state index contributed by atoms with van der Waals surface area (Å²) in [7, 11) is 0. The van der Waals surface area contributed by atoms with Gasteiger partial charge in [-0.05, 0) is 29.8 Å². The molecule has 0 N–H and O–H groups in total. The molecule has 14 heavy (non-hydrogen) atoms. The van der Waals surface area contributed by atoms with Crippen molar-refractivity contribution in [1.82, 2.24) is 5.16 Å². The maximum atomic E-state index is 12.8. The highest BCUT2D eigenvalue weighted by atomic mass is 35.5. The second-order valence-electron chi connectivity index (χ2n) is 2.65. The van der Waals surface area contributed by atoms with Gasteiger partial charge in [-0.1, -0.05) is 16.8 Å². The molecule has 0 aliphatic heterocycles. The van der Waals surface area contributed by atoms with Gasteiger partial charge in [0, 0.05) is 11.6 Å². The van der Waals surface area contributed by atoms with Gasteiger partial charge in [0.15, 0.2) is 0 Å². The topological polar surface area (TPSA) is 26.0 Å². The minimum Gasteiger partial charge on any atom is -0.344 e. The van der Waals surface area contributed by atoms with Crippen molar-refractivity contribution in [2.24, 2.45) is 0 Å². The highest BCUT2D eigenvalue weighted by molar-refractivity contribution is 6.31. The Bertz CT molecular complexity index is 470. The number of hydrogen-bond donors (Lipinski definition) is 0. The number of aromatic nitrogens is 1. The predicted molar refractivity (Wildman–Crippen MR) is 51.9 cm³/mol. The fraction of sp³-hybridized carbons (Fsp3) is 0. The lowest BCUT2D eigenvalue weighted by Gasteiger charge is -1.96. The zero-order valence-corrected chi connectivity index (χ0v) is 8.31. The summed E-state index contributed by atoms with van der Waals surface area (Å²) < 4.78 is 17.5. The normalized spacial score (nSPS) is 10.5. The Kier molecular flexibility index (Phi) is 2.44. The van der Waals surface area contributed by atoms with Crippen molar-refractivity contribution in [3.63, 3.8) is 0 Å². The number of rotatable bonds is 1. The quantitative estimate of drug-likeness (QED) is 0.747. The van der Waals surface area contributed by atoms with Crippen LogP contribution in [0.4, 0.5) is 4.39 Å². The molecule has 2 rings (SSSR count). The van der Waals surface area contributed by atoms with Gasteiger partial charge < -0.3 is 4.52 Å². The molecule has 72 valence electrons. The lowest BCUT2D eigenvalue weighted by atomic mass is 10.1. The molecule has 2 aromatic rings. The van der Waals surface area contributed by atoms with Crippen LogP contribution in [-0.4, -0.2) is 5.16 Å². The second-order valence-corrected chi connectivity index (χ2v) is 3.42. The van der Waals surface area contributed by atoms with Gasteiger partial charge in [-0.3, -0.25) is 0 Å². The zero-order chi connectivity index (χ0) is 10.1. The molecule has 0 aliphatic rings. The summed E-state index contributed by atoms with van der Waals surface area (Å²) in [5.74, 6) is -0.468. The van der Waals surface area contributed by atoms with Crippen LogP contribution in [-0.2, 0) is 0 Å². The molecule has 0 spiro atoms. The van der Waals surface area contributed by atoms with E-state index in [0.29, 0.717) is 11.3 Å². The van der Waals surface area contributed by atoms with Crippen LogP contribution in [0.5, 0.6) is 0 Å². The summed E-state index contributed by atoms with van der Waals surface area (Å²) >= 11 is 11.1. The third kappa shape index (κ3) is 1.74. The van der Waals surface area contributed by atoms with Crippen LogP contribution in [0.25, 0.3) is 11.3 Å². The van der Waals surface area contributed by atoms with Crippen molar-refractivity contribution in [1.29, 1.82) is 0 Å². The Hall–Kier alpha value is -1.06. The third-order valence-corrected chi connectivity index (χ3v) is 2.16. The molecule has 0 aliphatic carbocycles. The van der Waals surface area contributed by atoms with E-state index in [1.165, 1.54) is 18.2 Å². The number of halogens is 3. The molecular weight excluding hydrogens is 228 g/mol. The number of nitrogens with zero attached hydrogens (tertiary/aromatic N) is 1. The van der Waals surface area contributed by atoms with Crippen LogP contribution < -0.4 is 0 Å². The summed E-state index contributed by atoms with van der Waals surface area (Å²) in [6.07, 6.45) is 0. The van der Waals surface area contributed by atoms with E-state index in [9.17, 15) is 4.39 Å². The van der Waals surface area contributed by atoms with Crippen LogP contribution >= 0.6 is 23.2 Å². The standard InChI is InChI=1S/C9H4Cl2FNO/c10-6-3-5(1-2-7(6)12)8-4-9(11)14-13-8/h1-4H. The minimum absolute atomic E-state index is 0.0432. The summed E-state index contributed by atoms with van der Waals surface area (Å²) in [6.45, 7) is 0. The van der Waals surface area contributed by atoms with Crippen molar-refractivity contribution >= 4 is 23.2 Å². The van der Waals surface area contributed by atoms with Gasteiger partial charge in [0.25, 0.3) is 0 Å². The van der Waals surface area contributed by atoms with E-state index in [1.807, 2.05) is 0 Å². The monoisotopic (exact) mass is 231 g/mol. The first-order valence-corrected chi connectivity index (χ1v) is 4.50. The van der Waals surface area contributed by atoms with E-state index >= 15 is 0 Å². The molecule has 5 heteroatoms. The molecule has 0 saturated heterocycles. The molecule has 0 radical (unpaired) electrons. The van der Waals surface area contributed by atoms with Crippen LogP contribution in [0.1, 0.15) is 0 Å². The molecule has 0 saturated carbocycles. The lowest BCUT2D eigenvalue weighted by molar-refractivity contribution is 0.424. The Morgan fingerprint density at radius 1 is 1.21 bits per heavy atom. The summed E-state index contributed by atoms with van der Waals surface area (Å²) in [4.78, 5) is 0.